The quantitative estimate of drug-likeness (QED) is 0.844. The zero-order chi connectivity index (χ0) is 17.9. The number of benzene rings is 2. The Kier molecular flexibility index (Phi) is 4.93. The highest BCUT2D eigenvalue weighted by Crippen LogP contribution is 2.33. The number of likely N-dealkylation sites (tertiary alicyclic amines) is 1. The molecule has 0 radical (unpaired) electrons. The van der Waals surface area contributed by atoms with E-state index in [0.717, 1.165) is 43.0 Å². The van der Waals surface area contributed by atoms with E-state index in [1.807, 2.05) is 42.2 Å². The lowest BCUT2D eigenvalue weighted by Gasteiger charge is -2.38. The maximum Gasteiger partial charge on any atom is 0.258 e. The van der Waals surface area contributed by atoms with Gasteiger partial charge in [0.05, 0.1) is 11.4 Å². The predicted octanol–water partition coefficient (Wildman–Crippen LogP) is 3.56. The molecule has 2 aromatic rings. The summed E-state index contributed by atoms with van der Waals surface area (Å²) in [5.74, 6) is 0.0975. The summed E-state index contributed by atoms with van der Waals surface area (Å²) < 4.78 is 0. The summed E-state index contributed by atoms with van der Waals surface area (Å²) in [6.07, 6.45) is 2.66. The molecule has 0 aromatic heterocycles. The molecule has 4 heteroatoms. The van der Waals surface area contributed by atoms with Crippen LogP contribution in [-0.2, 0) is 0 Å². The molecule has 2 aliphatic heterocycles. The largest absolute Gasteiger partial charge is 0.367 e. The van der Waals surface area contributed by atoms with Crippen LogP contribution in [0.4, 0.5) is 11.4 Å². The summed E-state index contributed by atoms with van der Waals surface area (Å²) in [5, 5.41) is 0. The SMILES string of the molecule is Cc1cccc(C(=O)N2CCN(CCN3CCCC3)c3ccccc32)c1. The van der Waals surface area contributed by atoms with Gasteiger partial charge in [-0.15, -0.1) is 0 Å². The van der Waals surface area contributed by atoms with Gasteiger partial charge in [0.1, 0.15) is 0 Å². The third-order valence-electron chi connectivity index (χ3n) is 5.50. The molecule has 4 rings (SSSR count). The molecule has 1 amide bonds. The number of carbonyl (C=O) groups is 1. The molecule has 136 valence electrons. The summed E-state index contributed by atoms with van der Waals surface area (Å²) in [5.41, 5.74) is 4.10. The number of para-hydroxylation sites is 2. The molecule has 0 unspecified atom stereocenters. The Labute approximate surface area is 156 Å². The van der Waals surface area contributed by atoms with Gasteiger partial charge in [-0.2, -0.15) is 0 Å². The van der Waals surface area contributed by atoms with Gasteiger partial charge in [-0.05, 0) is 57.1 Å². The van der Waals surface area contributed by atoms with Gasteiger partial charge >= 0.3 is 0 Å². The van der Waals surface area contributed by atoms with Gasteiger partial charge in [0.2, 0.25) is 0 Å². The fourth-order valence-electron chi connectivity index (χ4n) is 4.07. The molecule has 2 aromatic carbocycles. The van der Waals surface area contributed by atoms with E-state index in [4.69, 9.17) is 0 Å². The number of fused-ring (bicyclic) bond motifs is 1. The molecule has 26 heavy (non-hydrogen) atoms. The predicted molar refractivity (Wildman–Crippen MR) is 107 cm³/mol. The molecule has 0 bridgehead atoms. The lowest BCUT2D eigenvalue weighted by molar-refractivity contribution is 0.0986. The molecule has 4 nitrogen and oxygen atoms in total. The number of anilines is 2. The van der Waals surface area contributed by atoms with Crippen LogP contribution in [0, 0.1) is 6.92 Å². The van der Waals surface area contributed by atoms with E-state index in [2.05, 4.69) is 28.0 Å². The minimum atomic E-state index is 0.0975. The molecule has 2 aliphatic rings. The molecular formula is C22H27N3O. The van der Waals surface area contributed by atoms with Crippen molar-refractivity contribution in [3.63, 3.8) is 0 Å². The van der Waals surface area contributed by atoms with E-state index >= 15 is 0 Å². The van der Waals surface area contributed by atoms with Crippen molar-refractivity contribution in [3.05, 3.63) is 59.7 Å². The number of hydrogen-bond acceptors (Lipinski definition) is 3. The van der Waals surface area contributed by atoms with Crippen molar-refractivity contribution in [2.45, 2.75) is 19.8 Å². The Morgan fingerprint density at radius 2 is 1.65 bits per heavy atom. The highest BCUT2D eigenvalue weighted by atomic mass is 16.2. The fourth-order valence-corrected chi connectivity index (χ4v) is 4.07. The van der Waals surface area contributed by atoms with Crippen LogP contribution in [-0.4, -0.2) is 50.1 Å². The molecule has 2 heterocycles. The first kappa shape index (κ1) is 17.1. The minimum absolute atomic E-state index is 0.0975. The van der Waals surface area contributed by atoms with Crippen LogP contribution < -0.4 is 9.80 Å². The smallest absolute Gasteiger partial charge is 0.258 e. The molecule has 0 atom stereocenters. The van der Waals surface area contributed by atoms with E-state index in [0.29, 0.717) is 0 Å². The van der Waals surface area contributed by atoms with E-state index in [1.165, 1.54) is 31.6 Å². The highest BCUT2D eigenvalue weighted by molar-refractivity contribution is 6.08. The molecule has 1 saturated heterocycles. The molecule has 0 N–H and O–H groups in total. The summed E-state index contributed by atoms with van der Waals surface area (Å²) in [6.45, 7) is 8.26. The van der Waals surface area contributed by atoms with Crippen LogP contribution >= 0.6 is 0 Å². The van der Waals surface area contributed by atoms with Gasteiger partial charge in [-0.1, -0.05) is 29.8 Å². The van der Waals surface area contributed by atoms with Gasteiger partial charge in [-0.25, -0.2) is 0 Å². The Bertz CT molecular complexity index is 782. The Balaban J connectivity index is 1.54. The molecule has 0 spiro atoms. The van der Waals surface area contributed by atoms with Crippen molar-refractivity contribution >= 4 is 17.3 Å². The van der Waals surface area contributed by atoms with E-state index < -0.39 is 0 Å². The van der Waals surface area contributed by atoms with Crippen LogP contribution in [0.1, 0.15) is 28.8 Å². The Morgan fingerprint density at radius 1 is 0.885 bits per heavy atom. The van der Waals surface area contributed by atoms with Crippen molar-refractivity contribution in [2.24, 2.45) is 0 Å². The second-order valence-electron chi connectivity index (χ2n) is 7.35. The van der Waals surface area contributed by atoms with Crippen LogP contribution in [0.15, 0.2) is 48.5 Å². The van der Waals surface area contributed by atoms with Crippen LogP contribution in [0.3, 0.4) is 0 Å². The van der Waals surface area contributed by atoms with Gasteiger partial charge in [-0.3, -0.25) is 4.79 Å². The number of aryl methyl sites for hydroxylation is 1. The molecule has 0 aliphatic carbocycles. The fraction of sp³-hybridized carbons (Fsp3) is 0.409. The Morgan fingerprint density at radius 3 is 2.42 bits per heavy atom. The zero-order valence-corrected chi connectivity index (χ0v) is 15.5. The number of carbonyl (C=O) groups excluding carboxylic acids is 1. The van der Waals surface area contributed by atoms with Gasteiger partial charge < -0.3 is 14.7 Å². The summed E-state index contributed by atoms with van der Waals surface area (Å²) in [6, 6.07) is 16.2. The normalized spacial score (nSPS) is 17.4. The third kappa shape index (κ3) is 3.47. The van der Waals surface area contributed by atoms with Crippen LogP contribution in [0.2, 0.25) is 0 Å². The molecule has 1 fully saturated rings. The average Bonchev–Trinajstić information content (AvgIpc) is 3.19. The number of amides is 1. The average molecular weight is 349 g/mol. The van der Waals surface area contributed by atoms with Crippen molar-refractivity contribution in [1.82, 2.24) is 4.90 Å². The number of nitrogens with zero attached hydrogens (tertiary/aromatic N) is 3. The maximum absolute atomic E-state index is 13.1. The first-order valence-electron chi connectivity index (χ1n) is 9.67. The summed E-state index contributed by atoms with van der Waals surface area (Å²) >= 11 is 0. The molecular weight excluding hydrogens is 322 g/mol. The van der Waals surface area contributed by atoms with Crippen molar-refractivity contribution < 1.29 is 4.79 Å². The topological polar surface area (TPSA) is 26.8 Å². The van der Waals surface area contributed by atoms with Crippen LogP contribution in [0.5, 0.6) is 0 Å². The Hall–Kier alpha value is -2.33. The number of rotatable bonds is 4. The van der Waals surface area contributed by atoms with Gasteiger partial charge in [0.15, 0.2) is 0 Å². The van der Waals surface area contributed by atoms with Crippen molar-refractivity contribution in [3.8, 4) is 0 Å². The first-order valence-corrected chi connectivity index (χ1v) is 9.67. The van der Waals surface area contributed by atoms with E-state index in [-0.39, 0.29) is 5.91 Å². The first-order chi connectivity index (χ1) is 12.7. The van der Waals surface area contributed by atoms with Crippen LogP contribution in [0.25, 0.3) is 0 Å². The second kappa shape index (κ2) is 7.50. The van der Waals surface area contributed by atoms with Gasteiger partial charge in [0.25, 0.3) is 5.91 Å². The number of hydrogen-bond donors (Lipinski definition) is 0. The highest BCUT2D eigenvalue weighted by Gasteiger charge is 2.27. The summed E-state index contributed by atoms with van der Waals surface area (Å²) in [7, 11) is 0. The zero-order valence-electron chi connectivity index (χ0n) is 15.5. The van der Waals surface area contributed by atoms with E-state index in [1.54, 1.807) is 0 Å². The standard InChI is InChI=1S/C22H27N3O/c1-18-7-6-8-19(17-18)22(26)25-16-15-24(14-13-23-11-4-5-12-23)20-9-2-3-10-21(20)25/h2-3,6-10,17H,4-5,11-16H2,1H3. The van der Waals surface area contributed by atoms with Crippen molar-refractivity contribution in [1.29, 1.82) is 0 Å². The van der Waals surface area contributed by atoms with Crippen molar-refractivity contribution in [2.75, 3.05) is 49.1 Å². The monoisotopic (exact) mass is 349 g/mol. The third-order valence-corrected chi connectivity index (χ3v) is 5.50. The lowest BCUT2D eigenvalue weighted by atomic mass is 10.1. The molecule has 0 saturated carbocycles. The maximum atomic E-state index is 13.1. The second-order valence-corrected chi connectivity index (χ2v) is 7.35. The summed E-state index contributed by atoms with van der Waals surface area (Å²) in [4.78, 5) is 20.0. The van der Waals surface area contributed by atoms with Gasteiger partial charge in [0, 0.05) is 31.7 Å². The minimum Gasteiger partial charge on any atom is -0.367 e. The van der Waals surface area contributed by atoms with E-state index in [9.17, 15) is 4.79 Å². The lowest BCUT2D eigenvalue weighted by Crippen LogP contribution is -2.46.